The van der Waals surface area contributed by atoms with Crippen LogP contribution in [0.15, 0.2) is 24.4 Å². The van der Waals surface area contributed by atoms with E-state index in [1.807, 2.05) is 32.0 Å². The Morgan fingerprint density at radius 3 is 2.75 bits per heavy atom. The van der Waals surface area contributed by atoms with Crippen molar-refractivity contribution in [3.8, 4) is 0 Å². The van der Waals surface area contributed by atoms with Crippen LogP contribution in [0.4, 0.5) is 4.48 Å². The first-order valence-corrected chi connectivity index (χ1v) is 4.02. The fourth-order valence-electron chi connectivity index (χ4n) is 0.829. The Labute approximate surface area is 72.0 Å². The van der Waals surface area contributed by atoms with Crippen LogP contribution in [0.3, 0.4) is 0 Å². The summed E-state index contributed by atoms with van der Waals surface area (Å²) in [6, 6.07) is 5.40. The molecule has 0 aliphatic heterocycles. The van der Waals surface area contributed by atoms with Crippen molar-refractivity contribution in [2.45, 2.75) is 26.4 Å². The zero-order valence-electron chi connectivity index (χ0n) is 7.37. The molecule has 0 unspecified atom stereocenters. The molecule has 0 atom stereocenters. The van der Waals surface area contributed by atoms with Crippen LogP contribution in [-0.2, 0) is 6.54 Å². The quantitative estimate of drug-likeness (QED) is 0.643. The predicted octanol–water partition coefficient (Wildman–Crippen LogP) is 2.18. The van der Waals surface area contributed by atoms with Gasteiger partial charge in [0.05, 0.1) is 12.2 Å². The maximum Gasteiger partial charge on any atom is 0.0716 e. The summed E-state index contributed by atoms with van der Waals surface area (Å²) in [6.45, 7) is 3.88. The molecule has 0 radical (unpaired) electrons. The highest BCUT2D eigenvalue weighted by atomic mass is 19.2. The first-order chi connectivity index (χ1) is 5.70. The van der Waals surface area contributed by atoms with Gasteiger partial charge in [0.2, 0.25) is 0 Å². The standard InChI is InChI=1S/C9H13FN2/c1-8(2)12(10)7-9-5-3-4-6-11-9/h3-6,8H,7H2,1-2H3. The van der Waals surface area contributed by atoms with Gasteiger partial charge in [-0.05, 0) is 26.0 Å². The van der Waals surface area contributed by atoms with Crippen molar-refractivity contribution in [2.75, 3.05) is 0 Å². The van der Waals surface area contributed by atoms with Gasteiger partial charge < -0.3 is 0 Å². The van der Waals surface area contributed by atoms with Crippen molar-refractivity contribution in [3.63, 3.8) is 0 Å². The molecule has 1 aromatic rings. The zero-order chi connectivity index (χ0) is 8.97. The maximum absolute atomic E-state index is 13.0. The molecule has 12 heavy (non-hydrogen) atoms. The summed E-state index contributed by atoms with van der Waals surface area (Å²) in [5, 5.41) is 0.766. The van der Waals surface area contributed by atoms with Crippen LogP contribution in [-0.4, -0.2) is 16.1 Å². The number of nitrogens with zero attached hydrogens (tertiary/aromatic N) is 2. The van der Waals surface area contributed by atoms with Gasteiger partial charge in [-0.3, -0.25) is 4.98 Å². The average Bonchev–Trinajstić information content (AvgIpc) is 2.06. The summed E-state index contributed by atoms with van der Waals surface area (Å²) in [7, 11) is 0. The minimum atomic E-state index is -0.0907. The molecule has 0 bridgehead atoms. The summed E-state index contributed by atoms with van der Waals surface area (Å²) in [5.74, 6) is 0. The molecule has 0 amide bonds. The van der Waals surface area contributed by atoms with Crippen LogP contribution in [0.25, 0.3) is 0 Å². The summed E-state index contributed by atoms with van der Waals surface area (Å²) in [5.41, 5.74) is 0.758. The molecule has 0 aliphatic carbocycles. The molecule has 0 spiro atoms. The Morgan fingerprint density at radius 1 is 1.50 bits per heavy atom. The summed E-state index contributed by atoms with van der Waals surface area (Å²) < 4.78 is 13.0. The molecule has 2 nitrogen and oxygen atoms in total. The molecule has 0 aliphatic rings. The van der Waals surface area contributed by atoms with E-state index in [1.165, 1.54) is 0 Å². The lowest BCUT2D eigenvalue weighted by atomic mass is 10.3. The first kappa shape index (κ1) is 9.13. The van der Waals surface area contributed by atoms with Crippen molar-refractivity contribution < 1.29 is 4.48 Å². The topological polar surface area (TPSA) is 16.1 Å². The second kappa shape index (κ2) is 4.16. The van der Waals surface area contributed by atoms with Crippen molar-refractivity contribution in [2.24, 2.45) is 0 Å². The third-order valence-corrected chi connectivity index (χ3v) is 1.60. The van der Waals surface area contributed by atoms with Gasteiger partial charge in [-0.2, -0.15) is 0 Å². The van der Waals surface area contributed by atoms with E-state index >= 15 is 0 Å². The van der Waals surface area contributed by atoms with Crippen LogP contribution in [0.2, 0.25) is 0 Å². The summed E-state index contributed by atoms with van der Waals surface area (Å²) in [4.78, 5) is 4.02. The SMILES string of the molecule is CC(C)N(F)Cc1ccccn1. The maximum atomic E-state index is 13.0. The van der Waals surface area contributed by atoms with E-state index in [4.69, 9.17) is 0 Å². The fourth-order valence-corrected chi connectivity index (χ4v) is 0.829. The number of hydrogen-bond donors (Lipinski definition) is 0. The number of rotatable bonds is 3. The second-order valence-electron chi connectivity index (χ2n) is 2.97. The van der Waals surface area contributed by atoms with E-state index in [-0.39, 0.29) is 12.6 Å². The molecule has 0 saturated heterocycles. The van der Waals surface area contributed by atoms with E-state index in [9.17, 15) is 4.48 Å². The molecular formula is C9H13FN2. The van der Waals surface area contributed by atoms with Crippen LogP contribution in [0.5, 0.6) is 0 Å². The van der Waals surface area contributed by atoms with E-state index in [1.54, 1.807) is 6.20 Å². The lowest BCUT2D eigenvalue weighted by Crippen LogP contribution is -2.21. The van der Waals surface area contributed by atoms with Gasteiger partial charge in [-0.25, -0.2) is 0 Å². The van der Waals surface area contributed by atoms with E-state index in [0.29, 0.717) is 0 Å². The smallest absolute Gasteiger partial charge is 0.0716 e. The minimum absolute atomic E-state index is 0.0907. The Morgan fingerprint density at radius 2 is 2.25 bits per heavy atom. The van der Waals surface area contributed by atoms with Crippen molar-refractivity contribution >= 4 is 0 Å². The Kier molecular flexibility index (Phi) is 3.17. The largest absolute Gasteiger partial charge is 0.260 e. The lowest BCUT2D eigenvalue weighted by Gasteiger charge is -2.14. The van der Waals surface area contributed by atoms with Crippen LogP contribution < -0.4 is 0 Å². The van der Waals surface area contributed by atoms with Crippen LogP contribution in [0, 0.1) is 0 Å². The van der Waals surface area contributed by atoms with Crippen molar-refractivity contribution in [1.29, 1.82) is 0 Å². The van der Waals surface area contributed by atoms with Gasteiger partial charge in [0.15, 0.2) is 0 Å². The highest BCUT2D eigenvalue weighted by Crippen LogP contribution is 2.05. The molecular weight excluding hydrogens is 155 g/mol. The summed E-state index contributed by atoms with van der Waals surface area (Å²) >= 11 is 0. The Balaban J connectivity index is 2.53. The predicted molar refractivity (Wildman–Crippen MR) is 46.0 cm³/mol. The Hall–Kier alpha value is -0.960. The molecule has 1 heterocycles. The van der Waals surface area contributed by atoms with Crippen molar-refractivity contribution in [1.82, 2.24) is 10.1 Å². The molecule has 0 N–H and O–H groups in total. The number of halogens is 1. The monoisotopic (exact) mass is 168 g/mol. The molecule has 66 valence electrons. The van der Waals surface area contributed by atoms with Gasteiger partial charge >= 0.3 is 0 Å². The number of aromatic nitrogens is 1. The average molecular weight is 168 g/mol. The third kappa shape index (κ3) is 2.58. The third-order valence-electron chi connectivity index (χ3n) is 1.60. The number of hydrogen-bond acceptors (Lipinski definition) is 2. The first-order valence-electron chi connectivity index (χ1n) is 4.02. The highest BCUT2D eigenvalue weighted by Gasteiger charge is 2.07. The number of pyridine rings is 1. The van der Waals surface area contributed by atoms with Crippen LogP contribution in [0.1, 0.15) is 19.5 Å². The van der Waals surface area contributed by atoms with E-state index in [0.717, 1.165) is 10.8 Å². The molecule has 3 heteroatoms. The lowest BCUT2D eigenvalue weighted by molar-refractivity contribution is -0.0184. The molecule has 0 aromatic carbocycles. The second-order valence-corrected chi connectivity index (χ2v) is 2.97. The van der Waals surface area contributed by atoms with E-state index < -0.39 is 0 Å². The van der Waals surface area contributed by atoms with E-state index in [2.05, 4.69) is 4.98 Å². The highest BCUT2D eigenvalue weighted by molar-refractivity contribution is 5.02. The minimum Gasteiger partial charge on any atom is -0.260 e. The van der Waals surface area contributed by atoms with Crippen molar-refractivity contribution in [3.05, 3.63) is 30.1 Å². The zero-order valence-corrected chi connectivity index (χ0v) is 7.37. The fraction of sp³-hybridized carbons (Fsp3) is 0.444. The molecule has 0 saturated carbocycles. The molecule has 0 fully saturated rings. The van der Waals surface area contributed by atoms with Gasteiger partial charge in [-0.15, -0.1) is 9.60 Å². The van der Waals surface area contributed by atoms with Gasteiger partial charge in [0, 0.05) is 12.2 Å². The Bertz CT molecular complexity index is 223. The van der Waals surface area contributed by atoms with Gasteiger partial charge in [0.25, 0.3) is 0 Å². The van der Waals surface area contributed by atoms with Gasteiger partial charge in [-0.1, -0.05) is 6.07 Å². The summed E-state index contributed by atoms with van der Waals surface area (Å²) in [6.07, 6.45) is 1.67. The molecule has 1 aromatic heterocycles. The van der Waals surface area contributed by atoms with Gasteiger partial charge in [0.1, 0.15) is 0 Å². The van der Waals surface area contributed by atoms with Crippen LogP contribution >= 0.6 is 0 Å². The molecule has 1 rings (SSSR count). The normalized spacial score (nSPS) is 11.1.